The van der Waals surface area contributed by atoms with E-state index in [2.05, 4.69) is 16.0 Å². The Labute approximate surface area is 170 Å². The topological polar surface area (TPSA) is 72.1 Å². The van der Waals surface area contributed by atoms with Crippen molar-refractivity contribution in [1.29, 1.82) is 0 Å². The van der Waals surface area contributed by atoms with Gasteiger partial charge in [-0.05, 0) is 52.6 Å². The first kappa shape index (κ1) is 18.2. The van der Waals surface area contributed by atoms with Gasteiger partial charge in [-0.2, -0.15) is 0 Å². The van der Waals surface area contributed by atoms with Crippen molar-refractivity contribution in [3.8, 4) is 11.1 Å². The van der Waals surface area contributed by atoms with Crippen LogP contribution in [0, 0.1) is 17.7 Å². The van der Waals surface area contributed by atoms with Crippen LogP contribution in [0.3, 0.4) is 0 Å². The van der Waals surface area contributed by atoms with Gasteiger partial charge < -0.3 is 10.6 Å². The highest BCUT2D eigenvalue weighted by Crippen LogP contribution is 2.29. The minimum Gasteiger partial charge on any atom is -0.368 e. The van der Waals surface area contributed by atoms with Gasteiger partial charge >= 0.3 is 0 Å². The first-order valence-electron chi connectivity index (χ1n) is 9.30. The Morgan fingerprint density at radius 1 is 1.00 bits per heavy atom. The Kier molecular flexibility index (Phi) is 4.17. The number of benzene rings is 3. The molecule has 0 saturated heterocycles. The highest BCUT2D eigenvalue weighted by Gasteiger charge is 2.27. The van der Waals surface area contributed by atoms with E-state index in [0.29, 0.717) is 35.1 Å². The number of amides is 1. The molecule has 2 heterocycles. The van der Waals surface area contributed by atoms with Gasteiger partial charge in [-0.15, -0.1) is 0 Å². The Hall–Kier alpha value is -3.87. The molecule has 1 aromatic heterocycles. The number of hydrogen-bond acceptors (Lipinski definition) is 4. The third kappa shape index (κ3) is 3.04. The average Bonchev–Trinajstić information content (AvgIpc) is 3.18. The van der Waals surface area contributed by atoms with Gasteiger partial charge in [0.05, 0.1) is 5.52 Å². The number of nitrogen functional groups attached to an aromatic ring is 1. The minimum atomic E-state index is -0.972. The van der Waals surface area contributed by atoms with Gasteiger partial charge in [0.2, 0.25) is 5.95 Å². The Morgan fingerprint density at radius 3 is 2.43 bits per heavy atom. The van der Waals surface area contributed by atoms with Crippen molar-refractivity contribution < 1.29 is 13.6 Å². The fraction of sp³-hybridized carbons (Fsp3) is 0.0870. The number of carbonyl (C=O) groups excluding carboxylic acids is 1. The van der Waals surface area contributed by atoms with E-state index in [1.165, 1.54) is 0 Å². The zero-order valence-electron chi connectivity index (χ0n) is 15.7. The molecule has 1 aliphatic heterocycles. The standard InChI is InChI=1S/C23H15F2N4O/c24-18-7-5-14(10-19(18)25)13-6-8-20-17(9-13)21(28-23(26)27-20)22(30)29-11-15-3-1-2-4-16(15)12-29/h1-4,6-10H,11-12H2,(H2,26,27,28). The number of nitrogens with zero attached hydrogens (tertiary/aromatic N) is 3. The van der Waals surface area contributed by atoms with Crippen molar-refractivity contribution in [2.45, 2.75) is 13.1 Å². The molecular weight excluding hydrogens is 386 g/mol. The van der Waals surface area contributed by atoms with E-state index in [1.807, 2.05) is 24.3 Å². The summed E-state index contributed by atoms with van der Waals surface area (Å²) in [7, 11) is 0. The molecule has 0 fully saturated rings. The largest absolute Gasteiger partial charge is 0.368 e. The number of aromatic nitrogens is 2. The van der Waals surface area contributed by atoms with E-state index >= 15 is 0 Å². The van der Waals surface area contributed by atoms with Crippen molar-refractivity contribution >= 4 is 22.8 Å². The van der Waals surface area contributed by atoms with Crippen LogP contribution in [0.2, 0.25) is 0 Å². The van der Waals surface area contributed by atoms with E-state index < -0.39 is 11.6 Å². The van der Waals surface area contributed by atoms with Crippen molar-refractivity contribution in [1.82, 2.24) is 14.9 Å². The smallest absolute Gasteiger partial charge is 0.273 e. The maximum Gasteiger partial charge on any atom is 0.273 e. The fourth-order valence-electron chi connectivity index (χ4n) is 3.72. The number of rotatable bonds is 2. The predicted molar refractivity (Wildman–Crippen MR) is 108 cm³/mol. The molecule has 1 amide bonds. The van der Waals surface area contributed by atoms with E-state index in [-0.39, 0.29) is 17.5 Å². The van der Waals surface area contributed by atoms with Gasteiger partial charge in [0.15, 0.2) is 11.6 Å². The molecule has 1 aliphatic rings. The van der Waals surface area contributed by atoms with Gasteiger partial charge in [-0.1, -0.05) is 30.3 Å². The van der Waals surface area contributed by atoms with Crippen molar-refractivity contribution in [2.24, 2.45) is 0 Å². The Bertz CT molecular complexity index is 1300. The number of hydrogen-bond donors (Lipinski definition) is 1. The van der Waals surface area contributed by atoms with Crippen molar-refractivity contribution in [3.05, 3.63) is 89.1 Å². The summed E-state index contributed by atoms with van der Waals surface area (Å²) in [5.41, 5.74) is 9.62. The van der Waals surface area contributed by atoms with Crippen LogP contribution in [0.5, 0.6) is 0 Å². The van der Waals surface area contributed by atoms with Crippen molar-refractivity contribution in [3.63, 3.8) is 0 Å². The number of nitrogens with two attached hydrogens (primary N) is 1. The lowest BCUT2D eigenvalue weighted by Crippen LogP contribution is -2.27. The second kappa shape index (κ2) is 6.88. The summed E-state index contributed by atoms with van der Waals surface area (Å²) in [6.45, 7) is 0.966. The van der Waals surface area contributed by atoms with Crippen LogP contribution in [0.1, 0.15) is 21.6 Å². The second-order valence-corrected chi connectivity index (χ2v) is 7.13. The summed E-state index contributed by atoms with van der Waals surface area (Å²) in [6, 6.07) is 17.6. The fourth-order valence-corrected chi connectivity index (χ4v) is 3.72. The molecule has 0 atom stereocenters. The van der Waals surface area contributed by atoms with Gasteiger partial charge in [0.25, 0.3) is 5.91 Å². The number of halogens is 2. The molecule has 147 valence electrons. The highest BCUT2D eigenvalue weighted by molar-refractivity contribution is 6.05. The number of fused-ring (bicyclic) bond motifs is 2. The van der Waals surface area contributed by atoms with Crippen molar-refractivity contribution in [2.75, 3.05) is 5.73 Å². The van der Waals surface area contributed by atoms with E-state index in [4.69, 9.17) is 5.73 Å². The molecule has 0 bridgehead atoms. The maximum atomic E-state index is 13.7. The number of anilines is 1. The van der Waals surface area contributed by atoms with Crippen LogP contribution < -0.4 is 5.73 Å². The summed E-state index contributed by atoms with van der Waals surface area (Å²) in [5, 5.41) is 0.487. The maximum absolute atomic E-state index is 13.7. The molecule has 0 unspecified atom stereocenters. The van der Waals surface area contributed by atoms with Gasteiger partial charge in [-0.25, -0.2) is 18.7 Å². The molecular formula is C23H15F2N4O. The number of carbonyl (C=O) groups is 1. The lowest BCUT2D eigenvalue weighted by molar-refractivity contribution is 0.0747. The molecule has 0 aliphatic carbocycles. The highest BCUT2D eigenvalue weighted by atomic mass is 19.2. The van der Waals surface area contributed by atoms with Crippen LogP contribution in [0.25, 0.3) is 22.0 Å². The first-order valence-corrected chi connectivity index (χ1v) is 9.30. The third-order valence-electron chi connectivity index (χ3n) is 5.21. The van der Waals surface area contributed by atoms with Gasteiger partial charge in [0.1, 0.15) is 5.69 Å². The molecule has 5 rings (SSSR count). The minimum absolute atomic E-state index is 0.00491. The molecule has 30 heavy (non-hydrogen) atoms. The monoisotopic (exact) mass is 401 g/mol. The molecule has 1 radical (unpaired) electrons. The van der Waals surface area contributed by atoms with Crippen LogP contribution in [-0.4, -0.2) is 20.8 Å². The summed E-state index contributed by atoms with van der Waals surface area (Å²) >= 11 is 0. The zero-order chi connectivity index (χ0) is 20.8. The summed E-state index contributed by atoms with van der Waals surface area (Å²) < 4.78 is 27.0. The van der Waals surface area contributed by atoms with Crippen LogP contribution >= 0.6 is 0 Å². The molecule has 7 heteroatoms. The molecule has 2 N–H and O–H groups in total. The predicted octanol–water partition coefficient (Wildman–Crippen LogP) is 4.11. The lowest BCUT2D eigenvalue weighted by atomic mass is 10.0. The molecule has 5 nitrogen and oxygen atoms in total. The Morgan fingerprint density at radius 2 is 1.73 bits per heavy atom. The molecule has 4 aromatic rings. The summed E-state index contributed by atoms with van der Waals surface area (Å²) in [4.78, 5) is 23.4. The Balaban J connectivity index is 1.59. The van der Waals surface area contributed by atoms with E-state index in [9.17, 15) is 13.6 Å². The van der Waals surface area contributed by atoms with Crippen LogP contribution in [0.15, 0.2) is 54.6 Å². The quantitative estimate of drug-likeness (QED) is 0.549. The van der Waals surface area contributed by atoms with E-state index in [0.717, 1.165) is 23.3 Å². The second-order valence-electron chi connectivity index (χ2n) is 7.13. The normalized spacial score (nSPS) is 12.9. The first-order chi connectivity index (χ1) is 14.5. The van der Waals surface area contributed by atoms with Crippen LogP contribution in [-0.2, 0) is 13.1 Å². The molecule has 0 spiro atoms. The lowest BCUT2D eigenvalue weighted by Gasteiger charge is -2.16. The van der Waals surface area contributed by atoms with Gasteiger partial charge in [-0.3, -0.25) is 4.79 Å². The van der Waals surface area contributed by atoms with E-state index in [1.54, 1.807) is 23.1 Å². The SMILES string of the molecule is Nc1nc(C(=O)N2Cc3ccccc3C2)c2cc(-c3[c]cc(F)c(F)c3)ccc2n1. The summed E-state index contributed by atoms with van der Waals surface area (Å²) in [5.74, 6) is -2.21. The van der Waals surface area contributed by atoms with Crippen LogP contribution in [0.4, 0.5) is 14.7 Å². The summed E-state index contributed by atoms with van der Waals surface area (Å²) in [6.07, 6.45) is 0. The van der Waals surface area contributed by atoms with Gasteiger partial charge in [0, 0.05) is 18.5 Å². The molecule has 3 aromatic carbocycles. The third-order valence-corrected chi connectivity index (χ3v) is 5.21. The molecule has 0 saturated carbocycles. The average molecular weight is 401 g/mol. The zero-order valence-corrected chi connectivity index (χ0v) is 15.7.